The van der Waals surface area contributed by atoms with E-state index in [4.69, 9.17) is 27.9 Å². The first kappa shape index (κ1) is 20.7. The molecule has 0 aliphatic carbocycles. The van der Waals surface area contributed by atoms with Gasteiger partial charge in [0.25, 0.3) is 5.91 Å². The highest BCUT2D eigenvalue weighted by Crippen LogP contribution is 2.21. The molecule has 134 valence electrons. The molecule has 0 saturated carbocycles. The van der Waals surface area contributed by atoms with Crippen molar-refractivity contribution in [1.82, 2.24) is 10.3 Å². The van der Waals surface area contributed by atoms with Crippen LogP contribution in [-0.2, 0) is 9.53 Å². The molecule has 7 heteroatoms. The Hall–Kier alpha value is -1.33. The van der Waals surface area contributed by atoms with E-state index in [-0.39, 0.29) is 22.5 Å². The average Bonchev–Trinajstić information content (AvgIpc) is 2.54. The molecule has 0 spiro atoms. The molecule has 5 nitrogen and oxygen atoms in total. The number of esters is 1. The quantitative estimate of drug-likeness (QED) is 0.394. The van der Waals surface area contributed by atoms with Gasteiger partial charge in [-0.15, -0.1) is 0 Å². The van der Waals surface area contributed by atoms with Crippen LogP contribution < -0.4 is 5.32 Å². The van der Waals surface area contributed by atoms with Gasteiger partial charge in [-0.1, -0.05) is 55.8 Å². The number of nitrogens with one attached hydrogen (secondary N) is 1. The van der Waals surface area contributed by atoms with E-state index in [9.17, 15) is 9.59 Å². The van der Waals surface area contributed by atoms with E-state index in [1.54, 1.807) is 13.8 Å². The topological polar surface area (TPSA) is 68.3 Å². The zero-order chi connectivity index (χ0) is 18.2. The van der Waals surface area contributed by atoms with Crippen LogP contribution in [0.15, 0.2) is 12.1 Å². The molecule has 0 fully saturated rings. The predicted molar refractivity (Wildman–Crippen MR) is 95.5 cm³/mol. The Morgan fingerprint density at radius 3 is 2.54 bits per heavy atom. The fraction of sp³-hybridized carbons (Fsp3) is 0.588. The number of halogens is 2. The van der Waals surface area contributed by atoms with Gasteiger partial charge in [0.15, 0.2) is 0 Å². The molecule has 0 radical (unpaired) electrons. The minimum absolute atomic E-state index is 0.00625. The summed E-state index contributed by atoms with van der Waals surface area (Å²) >= 11 is 11.8. The third-order valence-electron chi connectivity index (χ3n) is 3.67. The molecule has 0 bridgehead atoms. The molecule has 0 saturated heterocycles. The van der Waals surface area contributed by atoms with Gasteiger partial charge in [-0.2, -0.15) is 0 Å². The molecule has 0 aromatic carbocycles. The normalized spacial score (nSPS) is 13.2. The zero-order valence-electron chi connectivity index (χ0n) is 14.3. The van der Waals surface area contributed by atoms with E-state index in [0.29, 0.717) is 6.42 Å². The molecule has 1 heterocycles. The summed E-state index contributed by atoms with van der Waals surface area (Å²) in [5.74, 6) is -1.01. The summed E-state index contributed by atoms with van der Waals surface area (Å²) in [6.45, 7) is 5.74. The summed E-state index contributed by atoms with van der Waals surface area (Å²) in [6, 6.07) is 2.99. The van der Waals surface area contributed by atoms with Gasteiger partial charge < -0.3 is 10.1 Å². The minimum atomic E-state index is -1.13. The molecular formula is C17H24Cl2N2O3. The Morgan fingerprint density at radius 2 is 1.92 bits per heavy atom. The van der Waals surface area contributed by atoms with Crippen LogP contribution in [0.3, 0.4) is 0 Å². The van der Waals surface area contributed by atoms with Crippen LogP contribution in [0, 0.1) is 0 Å². The van der Waals surface area contributed by atoms with Crippen molar-refractivity contribution in [2.24, 2.45) is 0 Å². The number of ether oxygens (including phenoxy) is 1. The molecule has 1 N–H and O–H groups in total. The average molecular weight is 375 g/mol. The molecule has 24 heavy (non-hydrogen) atoms. The lowest BCUT2D eigenvalue weighted by Gasteiger charge is -2.28. The molecular weight excluding hydrogens is 351 g/mol. The van der Waals surface area contributed by atoms with Crippen LogP contribution in [0.25, 0.3) is 0 Å². The van der Waals surface area contributed by atoms with Crippen LogP contribution in [0.1, 0.15) is 63.4 Å². The Kier molecular flexibility index (Phi) is 8.50. The zero-order valence-corrected chi connectivity index (χ0v) is 15.8. The van der Waals surface area contributed by atoms with Crippen molar-refractivity contribution in [3.63, 3.8) is 0 Å². The van der Waals surface area contributed by atoms with E-state index in [1.807, 2.05) is 0 Å². The second-order valence-corrected chi connectivity index (χ2v) is 6.58. The third-order valence-corrected chi connectivity index (χ3v) is 4.19. The standard InChI is InChI=1S/C17H24Cl2N2O3/c1-4-6-7-8-11-17(3,16(23)24-5-2)21-15(22)14-12(18)9-10-13(19)20-14/h9-10H,4-8,11H2,1-3H3,(H,21,22). The SMILES string of the molecule is CCCCCCC(C)(NC(=O)c1nc(Cl)ccc1Cl)C(=O)OCC. The van der Waals surface area contributed by atoms with Gasteiger partial charge in [0.1, 0.15) is 16.4 Å². The highest BCUT2D eigenvalue weighted by atomic mass is 35.5. The maximum atomic E-state index is 12.5. The number of unbranched alkanes of at least 4 members (excludes halogenated alkanes) is 3. The fourth-order valence-corrected chi connectivity index (χ4v) is 2.64. The number of hydrogen-bond donors (Lipinski definition) is 1. The molecule has 1 aromatic heterocycles. The Bertz CT molecular complexity index is 581. The van der Waals surface area contributed by atoms with Gasteiger partial charge in [0.2, 0.25) is 0 Å². The largest absolute Gasteiger partial charge is 0.464 e. The summed E-state index contributed by atoms with van der Waals surface area (Å²) in [5, 5.41) is 3.05. The molecule has 1 unspecified atom stereocenters. The molecule has 1 atom stereocenters. The summed E-state index contributed by atoms with van der Waals surface area (Å²) in [4.78, 5) is 28.8. The number of carbonyl (C=O) groups excluding carboxylic acids is 2. The Morgan fingerprint density at radius 1 is 1.21 bits per heavy atom. The van der Waals surface area contributed by atoms with Gasteiger partial charge in [0.05, 0.1) is 11.6 Å². The summed E-state index contributed by atoms with van der Waals surface area (Å²) in [6.07, 6.45) is 4.44. The number of pyridine rings is 1. The second-order valence-electron chi connectivity index (χ2n) is 5.78. The van der Waals surface area contributed by atoms with E-state index in [2.05, 4.69) is 17.2 Å². The fourth-order valence-electron chi connectivity index (χ4n) is 2.30. The third kappa shape index (κ3) is 5.95. The van der Waals surface area contributed by atoms with Crippen molar-refractivity contribution in [3.05, 3.63) is 28.0 Å². The number of rotatable bonds is 9. The van der Waals surface area contributed by atoms with Crippen LogP contribution in [0.4, 0.5) is 0 Å². The number of aromatic nitrogens is 1. The van der Waals surface area contributed by atoms with Gasteiger partial charge in [-0.3, -0.25) is 4.79 Å². The summed E-state index contributed by atoms with van der Waals surface area (Å²) < 4.78 is 5.12. The van der Waals surface area contributed by atoms with Crippen molar-refractivity contribution in [3.8, 4) is 0 Å². The Labute approximate surface area is 153 Å². The first-order valence-corrected chi connectivity index (χ1v) is 8.91. The maximum absolute atomic E-state index is 12.5. The van der Waals surface area contributed by atoms with E-state index < -0.39 is 17.4 Å². The van der Waals surface area contributed by atoms with Crippen molar-refractivity contribution in [2.75, 3.05) is 6.61 Å². The van der Waals surface area contributed by atoms with Crippen LogP contribution in [0.2, 0.25) is 10.2 Å². The van der Waals surface area contributed by atoms with Crippen LogP contribution in [0.5, 0.6) is 0 Å². The number of carbonyl (C=O) groups is 2. The van der Waals surface area contributed by atoms with Gasteiger partial charge >= 0.3 is 5.97 Å². The van der Waals surface area contributed by atoms with E-state index in [0.717, 1.165) is 25.7 Å². The second kappa shape index (κ2) is 9.84. The molecule has 1 rings (SSSR count). The van der Waals surface area contributed by atoms with Crippen LogP contribution in [-0.4, -0.2) is 29.0 Å². The lowest BCUT2D eigenvalue weighted by atomic mass is 9.93. The van der Waals surface area contributed by atoms with Gasteiger partial charge in [-0.25, -0.2) is 9.78 Å². The first-order chi connectivity index (χ1) is 11.3. The molecule has 1 amide bonds. The minimum Gasteiger partial charge on any atom is -0.464 e. The number of nitrogens with zero attached hydrogens (tertiary/aromatic N) is 1. The Balaban J connectivity index is 2.92. The lowest BCUT2D eigenvalue weighted by Crippen LogP contribution is -2.53. The highest BCUT2D eigenvalue weighted by Gasteiger charge is 2.36. The molecule has 1 aromatic rings. The molecule has 0 aliphatic heterocycles. The highest BCUT2D eigenvalue weighted by molar-refractivity contribution is 6.34. The number of hydrogen-bond acceptors (Lipinski definition) is 4. The van der Waals surface area contributed by atoms with Gasteiger partial charge in [0, 0.05) is 0 Å². The first-order valence-electron chi connectivity index (χ1n) is 8.15. The van der Waals surface area contributed by atoms with Crippen molar-refractivity contribution in [1.29, 1.82) is 0 Å². The monoisotopic (exact) mass is 374 g/mol. The van der Waals surface area contributed by atoms with Crippen molar-refractivity contribution >= 4 is 35.1 Å². The van der Waals surface area contributed by atoms with Crippen molar-refractivity contribution in [2.45, 2.75) is 58.4 Å². The van der Waals surface area contributed by atoms with Crippen molar-refractivity contribution < 1.29 is 14.3 Å². The smallest absolute Gasteiger partial charge is 0.331 e. The summed E-state index contributed by atoms with van der Waals surface area (Å²) in [5.41, 5.74) is -1.14. The lowest BCUT2D eigenvalue weighted by molar-refractivity contribution is -0.150. The summed E-state index contributed by atoms with van der Waals surface area (Å²) in [7, 11) is 0. The number of amides is 1. The van der Waals surface area contributed by atoms with E-state index >= 15 is 0 Å². The van der Waals surface area contributed by atoms with Crippen LogP contribution >= 0.6 is 23.2 Å². The molecule has 0 aliphatic rings. The van der Waals surface area contributed by atoms with E-state index in [1.165, 1.54) is 12.1 Å². The maximum Gasteiger partial charge on any atom is 0.331 e. The van der Waals surface area contributed by atoms with Gasteiger partial charge in [-0.05, 0) is 32.4 Å². The predicted octanol–water partition coefficient (Wildman–Crippen LogP) is 4.41.